The van der Waals surface area contributed by atoms with Crippen LogP contribution in [0.3, 0.4) is 0 Å². The molecule has 35 nitrogen and oxygen atoms in total. The van der Waals surface area contributed by atoms with E-state index >= 15 is 0 Å². The van der Waals surface area contributed by atoms with Crippen LogP contribution in [-0.4, -0.2) is 221 Å². The van der Waals surface area contributed by atoms with Crippen LogP contribution in [0.2, 0.25) is 0 Å². The van der Waals surface area contributed by atoms with Gasteiger partial charge in [0.1, 0.15) is 62.3 Å². The summed E-state index contributed by atoms with van der Waals surface area (Å²) in [6.45, 7) is -2.11. The smallest absolute Gasteiger partial charge is 0.313 e. The number of carbonyl (C=O) groups is 11. The van der Waals surface area contributed by atoms with Crippen LogP contribution in [0.15, 0.2) is 48.5 Å². The molecule has 5 aliphatic heterocycles. The van der Waals surface area contributed by atoms with Gasteiger partial charge in [0.25, 0.3) is 33.7 Å². The molecular formula is C70H61I12N4O31S4-3. The molecule has 11 fully saturated rings. The van der Waals surface area contributed by atoms with E-state index in [-0.39, 0.29) is 65.9 Å². The van der Waals surface area contributed by atoms with E-state index in [0.717, 1.165) is 55.7 Å². The van der Waals surface area contributed by atoms with E-state index in [1.54, 1.807) is 18.2 Å². The van der Waals surface area contributed by atoms with Gasteiger partial charge in [0.2, 0.25) is 0 Å². The first-order valence-electron chi connectivity index (χ1n) is 36.0. The van der Waals surface area contributed by atoms with Crippen LogP contribution in [0.4, 0.5) is 0 Å². The fraction of sp³-hybridized carbons (Fsp3) is 0.500. The molecule has 0 spiro atoms. The lowest BCUT2D eigenvalue weighted by Crippen LogP contribution is -2.54. The number of nitrogens with one attached hydrogen (secondary N) is 4. The highest BCUT2D eigenvalue weighted by Crippen LogP contribution is 2.60. The zero-order valence-corrected chi connectivity index (χ0v) is 90.0. The Bertz CT molecular complexity index is 5280. The second-order valence-corrected chi connectivity index (χ2v) is 49.8. The number of carbonyl (C=O) groups excluding carboxylic acids is 11. The molecule has 51 heteroatoms. The van der Waals surface area contributed by atoms with E-state index < -0.39 is 215 Å². The van der Waals surface area contributed by atoms with Crippen molar-refractivity contribution in [2.24, 2.45) is 76.9 Å². The predicted octanol–water partition coefficient (Wildman–Crippen LogP) is 6.69. The minimum absolute atomic E-state index is 0.00768. The lowest BCUT2D eigenvalue weighted by Gasteiger charge is -2.31. The molecule has 121 heavy (non-hydrogen) atoms. The maximum atomic E-state index is 13.1. The summed E-state index contributed by atoms with van der Waals surface area (Å²) in [7, 11) is -17.7. The first-order valence-corrected chi connectivity index (χ1v) is 55.3. The molecule has 5 N–H and O–H groups in total. The average Bonchev–Trinajstić information content (AvgIpc) is 1.56. The Labute approximate surface area is 854 Å². The Morgan fingerprint density at radius 1 is 0.372 bits per heavy atom. The van der Waals surface area contributed by atoms with E-state index in [1.165, 1.54) is 0 Å². The summed E-state index contributed by atoms with van der Waals surface area (Å²) in [5, 5.41) is 11.8. The number of benzene rings is 4. The Kier molecular flexibility index (Phi) is 33.2. The molecule has 4 aromatic carbocycles. The molecule has 5 saturated heterocycles. The SMILES string of the molecule is O=C(NC1C2CC3C(OC(=O)C31)C2C(=O)OCCS(=O)(=O)[O-])c1cc(I)cc(I)c1I.O=C(NC1C2CC3C1OC(=O)C3C2C(=O)OCCS(=O)(=O)[O-])c1cc(I)cc(I)c1I.O=C(NC1C2OC(=O)C3C2OC1C3C(=O)OCCS(=O)(=O)[O-])c1cc(I)cc(I)c1I.O=C(NC1CC2CC(C(=O)OCCS(=O)(=O)O)C1C2)c1cc(I)cc(I)c1I. The van der Waals surface area contributed by atoms with E-state index in [9.17, 15) is 100 Å². The van der Waals surface area contributed by atoms with Crippen molar-refractivity contribution in [2.75, 3.05) is 49.4 Å². The quantitative estimate of drug-likeness (QED) is 0.0160. The lowest BCUT2D eigenvalue weighted by atomic mass is 9.77. The largest absolute Gasteiger partial charge is 0.748 e. The van der Waals surface area contributed by atoms with Gasteiger partial charge in [0.15, 0.2) is 6.10 Å². The Morgan fingerprint density at radius 3 is 1.18 bits per heavy atom. The normalized spacial score (nSPS) is 29.8. The minimum Gasteiger partial charge on any atom is -0.748 e. The molecule has 11 aliphatic rings. The van der Waals surface area contributed by atoms with E-state index in [2.05, 4.69) is 292 Å². The Morgan fingerprint density at radius 2 is 0.736 bits per heavy atom. The molecule has 658 valence electrons. The van der Waals surface area contributed by atoms with Crippen molar-refractivity contribution < 1.29 is 143 Å². The highest BCUT2D eigenvalue weighted by atomic mass is 127. The first kappa shape index (κ1) is 99.4. The number of hydrogen-bond donors (Lipinski definition) is 5. The van der Waals surface area contributed by atoms with Crippen LogP contribution in [0, 0.1) is 120 Å². The maximum Gasteiger partial charge on any atom is 0.313 e. The molecule has 0 aromatic heterocycles. The van der Waals surface area contributed by atoms with Crippen LogP contribution in [0.25, 0.3) is 0 Å². The third kappa shape index (κ3) is 23.0. The third-order valence-electron chi connectivity index (χ3n) is 22.6. The number of esters is 7. The van der Waals surface area contributed by atoms with Crippen molar-refractivity contribution in [1.29, 1.82) is 0 Å². The first-order chi connectivity index (χ1) is 56.5. The summed E-state index contributed by atoms with van der Waals surface area (Å²) in [6, 6.07) is 12.9. The van der Waals surface area contributed by atoms with Gasteiger partial charge < -0.3 is 72.8 Å². The Balaban J connectivity index is 0.000000148. The van der Waals surface area contributed by atoms with Crippen molar-refractivity contribution in [3.05, 3.63) is 114 Å². The molecule has 6 saturated carbocycles. The van der Waals surface area contributed by atoms with Crippen molar-refractivity contribution in [3.8, 4) is 0 Å². The number of ether oxygens (including phenoxy) is 8. The van der Waals surface area contributed by atoms with Gasteiger partial charge in [-0.25, -0.2) is 25.3 Å². The minimum atomic E-state index is -4.55. The van der Waals surface area contributed by atoms with Gasteiger partial charge in [0.05, 0.1) is 118 Å². The second kappa shape index (κ2) is 40.5. The molecule has 0 radical (unpaired) electrons. The topological polar surface area (TPSA) is 536 Å². The lowest BCUT2D eigenvalue weighted by molar-refractivity contribution is -0.156. The van der Waals surface area contributed by atoms with Gasteiger partial charge in [-0.2, -0.15) is 8.42 Å². The van der Waals surface area contributed by atoms with E-state index in [4.69, 9.17) is 42.4 Å². The number of halogens is 12. The fourth-order valence-corrected chi connectivity index (χ4v) is 28.7. The maximum absolute atomic E-state index is 13.1. The average molecular weight is 3110 g/mol. The zero-order chi connectivity index (χ0) is 88.6. The van der Waals surface area contributed by atoms with Crippen LogP contribution < -0.4 is 21.3 Å². The molecule has 22 atom stereocenters. The van der Waals surface area contributed by atoms with E-state index in [0.29, 0.717) is 47.4 Å². The number of hydrogen-bond acceptors (Lipinski definition) is 30. The summed E-state index contributed by atoms with van der Waals surface area (Å²) in [6.07, 6.45) is -0.0309. The molecule has 6 aliphatic carbocycles. The van der Waals surface area contributed by atoms with Crippen molar-refractivity contribution in [1.82, 2.24) is 21.3 Å². The van der Waals surface area contributed by atoms with Crippen LogP contribution in [-0.2, 0) is 112 Å². The molecule has 15 rings (SSSR count). The van der Waals surface area contributed by atoms with Crippen molar-refractivity contribution in [2.45, 2.75) is 86.8 Å². The second-order valence-electron chi connectivity index (χ2n) is 29.7. The number of amides is 4. The molecule has 8 bridgehead atoms. The standard InChI is InChI=1S/2C18H16I3NO8S.C17H14I3NO9S.C17H18I3NO6S/c19-6-3-9(13(21)10(20)4-6)16(23)22-14-7-5-8-11(14)18(25)30-15(8)12(7)17(24)29-1-2-31(26,27)28;19-6-3-9(13(21)10(20)4-6)16(23)22-14-7-5-8-12(18(25)30-15(8)14)11(7)17(24)29-1-2-31(26,27)28;18-5-3-6(10(20)7(19)4-5)15(22)21-11-12-8(16(23)28-1-2-31(25,26)27)9-13(29-12)14(11)30-17(9)24;18-9-6-12(15(20)13(19)7-9)16(22)21-14-5-8-3-10(14)11(4-8)17(23)27-1-2-28(24,25)26/h2*3-4,7-8,11-12,14-15H,1-2,5H2,(H,22,23)(H,26,27,28);3-4,8-9,11-14H,1-2H2,(H,21,22)(H,25,26,27);6-8,10-11,14H,1-5H2,(H,21,22)(H,24,25,26)/p-3. The number of rotatable bonds is 24. The third-order valence-corrected chi connectivity index (χ3v) is 40.0. The van der Waals surface area contributed by atoms with Gasteiger partial charge >= 0.3 is 41.8 Å². The highest BCUT2D eigenvalue weighted by Gasteiger charge is 2.73. The number of fused-ring (bicyclic) bond motifs is 5. The van der Waals surface area contributed by atoms with Crippen LogP contribution >= 0.6 is 271 Å². The van der Waals surface area contributed by atoms with Crippen molar-refractivity contribution in [3.63, 3.8) is 0 Å². The highest BCUT2D eigenvalue weighted by molar-refractivity contribution is 14.1. The summed E-state index contributed by atoms with van der Waals surface area (Å²) in [5.74, 6) is -14.6. The molecule has 4 aromatic rings. The van der Waals surface area contributed by atoms with Crippen LogP contribution in [0.5, 0.6) is 0 Å². The summed E-state index contributed by atoms with van der Waals surface area (Å²) in [5.41, 5.74) is 2.06. The fourth-order valence-electron chi connectivity index (χ4n) is 17.9. The molecule has 5 heterocycles. The summed E-state index contributed by atoms with van der Waals surface area (Å²) < 4.78 is 180. The van der Waals surface area contributed by atoms with Crippen LogP contribution in [0.1, 0.15) is 73.5 Å². The summed E-state index contributed by atoms with van der Waals surface area (Å²) in [4.78, 5) is 139. The van der Waals surface area contributed by atoms with Gasteiger partial charge in [-0.3, -0.25) is 57.3 Å². The predicted molar refractivity (Wildman–Crippen MR) is 514 cm³/mol. The zero-order valence-electron chi connectivity index (χ0n) is 60.9. The Hall–Kier alpha value is -0.590. The van der Waals surface area contributed by atoms with Gasteiger partial charge in [-0.1, -0.05) is 0 Å². The van der Waals surface area contributed by atoms with Gasteiger partial charge in [-0.15, -0.1) is 0 Å². The molecule has 22 unspecified atom stereocenters. The molecule has 4 amide bonds. The monoisotopic (exact) mass is 3100 g/mol. The van der Waals surface area contributed by atoms with Gasteiger partial charge in [0, 0.05) is 66.8 Å². The van der Waals surface area contributed by atoms with Gasteiger partial charge in [-0.05, 0) is 375 Å². The molecular weight excluding hydrogens is 3040 g/mol. The summed E-state index contributed by atoms with van der Waals surface area (Å²) >= 11 is 25.6. The van der Waals surface area contributed by atoms with E-state index in [1.807, 2.05) is 30.3 Å². The van der Waals surface area contributed by atoms with Crippen molar-refractivity contribution >= 4 is 377 Å².